The first-order valence-electron chi connectivity index (χ1n) is 7.32. The SMILES string of the molecule is CN(C)S(=O)(=O)c1ccc(NC(=O)CCn2ccc(=O)[nH]c2=O)cc1. The molecule has 10 heteroatoms. The van der Waals surface area contributed by atoms with E-state index in [1.54, 1.807) is 0 Å². The minimum atomic E-state index is -3.52. The van der Waals surface area contributed by atoms with Crippen LogP contribution in [0.2, 0.25) is 0 Å². The van der Waals surface area contributed by atoms with Crippen LogP contribution in [0.25, 0.3) is 0 Å². The zero-order valence-corrected chi connectivity index (χ0v) is 14.5. The molecule has 0 saturated carbocycles. The summed E-state index contributed by atoms with van der Waals surface area (Å²) in [7, 11) is -0.655. The highest BCUT2D eigenvalue weighted by atomic mass is 32.2. The number of amides is 1. The van der Waals surface area contributed by atoms with Crippen LogP contribution in [-0.4, -0.2) is 42.3 Å². The van der Waals surface area contributed by atoms with Crippen LogP contribution in [0.3, 0.4) is 0 Å². The maximum atomic E-state index is 12.0. The molecule has 2 rings (SSSR count). The number of aromatic amines is 1. The molecule has 0 aliphatic carbocycles. The molecule has 1 aromatic carbocycles. The van der Waals surface area contributed by atoms with Crippen molar-refractivity contribution in [1.29, 1.82) is 0 Å². The zero-order chi connectivity index (χ0) is 18.6. The Morgan fingerprint density at radius 1 is 1.16 bits per heavy atom. The topological polar surface area (TPSA) is 121 Å². The summed E-state index contributed by atoms with van der Waals surface area (Å²) in [5.41, 5.74) is -0.645. The summed E-state index contributed by atoms with van der Waals surface area (Å²) in [6.07, 6.45) is 1.33. The Kier molecular flexibility index (Phi) is 5.55. The van der Waals surface area contributed by atoms with Gasteiger partial charge in [0.15, 0.2) is 0 Å². The van der Waals surface area contributed by atoms with Gasteiger partial charge in [-0.2, -0.15) is 0 Å². The molecule has 0 aliphatic rings. The van der Waals surface area contributed by atoms with Gasteiger partial charge in [-0.1, -0.05) is 0 Å². The lowest BCUT2D eigenvalue weighted by Crippen LogP contribution is -2.29. The standard InChI is InChI=1S/C15H18N4O5S/c1-18(2)25(23,24)12-5-3-11(4-6-12)16-13(20)7-9-19-10-8-14(21)17-15(19)22/h3-6,8,10H,7,9H2,1-2H3,(H,16,20)(H,17,21,22). The van der Waals surface area contributed by atoms with Crippen molar-refractivity contribution in [2.45, 2.75) is 17.9 Å². The third-order valence-corrected chi connectivity index (χ3v) is 5.22. The molecule has 2 aromatic rings. The number of sulfonamides is 1. The van der Waals surface area contributed by atoms with E-state index in [2.05, 4.69) is 10.3 Å². The van der Waals surface area contributed by atoms with E-state index in [1.807, 2.05) is 0 Å². The third-order valence-electron chi connectivity index (χ3n) is 3.39. The van der Waals surface area contributed by atoms with Crippen molar-refractivity contribution in [3.8, 4) is 0 Å². The number of anilines is 1. The number of nitrogens with zero attached hydrogens (tertiary/aromatic N) is 2. The number of benzene rings is 1. The van der Waals surface area contributed by atoms with Gasteiger partial charge in [0.25, 0.3) is 5.56 Å². The van der Waals surface area contributed by atoms with Crippen molar-refractivity contribution in [3.63, 3.8) is 0 Å². The van der Waals surface area contributed by atoms with Crippen LogP contribution >= 0.6 is 0 Å². The molecule has 0 atom stereocenters. The number of aryl methyl sites for hydroxylation is 1. The molecule has 1 amide bonds. The van der Waals surface area contributed by atoms with Gasteiger partial charge < -0.3 is 9.88 Å². The van der Waals surface area contributed by atoms with E-state index in [4.69, 9.17) is 0 Å². The smallest absolute Gasteiger partial charge is 0.326 e. The van der Waals surface area contributed by atoms with E-state index in [1.165, 1.54) is 55.2 Å². The fraction of sp³-hybridized carbons (Fsp3) is 0.267. The van der Waals surface area contributed by atoms with E-state index >= 15 is 0 Å². The van der Waals surface area contributed by atoms with Crippen LogP contribution < -0.4 is 16.6 Å². The summed E-state index contributed by atoms with van der Waals surface area (Å²) in [6.45, 7) is 0.106. The van der Waals surface area contributed by atoms with Crippen molar-refractivity contribution >= 4 is 21.6 Å². The average molecular weight is 366 g/mol. The van der Waals surface area contributed by atoms with Gasteiger partial charge in [-0.15, -0.1) is 0 Å². The minimum Gasteiger partial charge on any atom is -0.326 e. The third kappa shape index (κ3) is 4.64. The minimum absolute atomic E-state index is 0.0176. The highest BCUT2D eigenvalue weighted by molar-refractivity contribution is 7.89. The molecule has 9 nitrogen and oxygen atoms in total. The number of H-pyrrole nitrogens is 1. The Bertz CT molecular complexity index is 974. The molecule has 0 bridgehead atoms. The lowest BCUT2D eigenvalue weighted by Gasteiger charge is -2.12. The molecule has 134 valence electrons. The van der Waals surface area contributed by atoms with Gasteiger partial charge in [0.1, 0.15) is 0 Å². The van der Waals surface area contributed by atoms with Gasteiger partial charge in [-0.25, -0.2) is 17.5 Å². The quantitative estimate of drug-likeness (QED) is 0.734. The Morgan fingerprint density at radius 3 is 2.36 bits per heavy atom. The van der Waals surface area contributed by atoms with Gasteiger partial charge in [0.05, 0.1) is 4.90 Å². The Balaban J connectivity index is 1.99. The highest BCUT2D eigenvalue weighted by Crippen LogP contribution is 2.16. The van der Waals surface area contributed by atoms with Crippen LogP contribution in [0.5, 0.6) is 0 Å². The summed E-state index contributed by atoms with van der Waals surface area (Å²) in [5.74, 6) is -0.346. The van der Waals surface area contributed by atoms with Crippen LogP contribution in [0.1, 0.15) is 6.42 Å². The zero-order valence-electron chi connectivity index (χ0n) is 13.7. The second-order valence-corrected chi connectivity index (χ2v) is 7.57. The second kappa shape index (κ2) is 7.45. The first-order valence-corrected chi connectivity index (χ1v) is 8.76. The van der Waals surface area contributed by atoms with E-state index in [0.29, 0.717) is 5.69 Å². The molecule has 1 heterocycles. The molecular formula is C15H18N4O5S. The Labute approximate surface area is 144 Å². The molecule has 0 spiro atoms. The van der Waals surface area contributed by atoms with E-state index in [-0.39, 0.29) is 23.8 Å². The van der Waals surface area contributed by atoms with Gasteiger partial charge >= 0.3 is 5.69 Å². The lowest BCUT2D eigenvalue weighted by atomic mass is 10.3. The predicted molar refractivity (Wildman–Crippen MR) is 91.9 cm³/mol. The monoisotopic (exact) mass is 366 g/mol. The number of hydrogen-bond donors (Lipinski definition) is 2. The van der Waals surface area contributed by atoms with E-state index in [0.717, 1.165) is 4.31 Å². The normalized spacial score (nSPS) is 11.5. The summed E-state index contributed by atoms with van der Waals surface area (Å²) < 4.78 is 26.2. The first-order chi connectivity index (χ1) is 11.7. The molecule has 0 aliphatic heterocycles. The maximum absolute atomic E-state index is 12.0. The van der Waals surface area contributed by atoms with Crippen molar-refractivity contribution < 1.29 is 13.2 Å². The van der Waals surface area contributed by atoms with Gasteiger partial charge in [0.2, 0.25) is 15.9 Å². The Hall–Kier alpha value is -2.72. The number of nitrogens with one attached hydrogen (secondary N) is 2. The number of carbonyl (C=O) groups excluding carboxylic acids is 1. The van der Waals surface area contributed by atoms with E-state index in [9.17, 15) is 22.8 Å². The molecule has 1 aromatic heterocycles. The summed E-state index contributed by atoms with van der Waals surface area (Å²) >= 11 is 0. The van der Waals surface area contributed by atoms with Crippen molar-refractivity contribution in [3.05, 3.63) is 57.4 Å². The average Bonchev–Trinajstić information content (AvgIpc) is 2.54. The fourth-order valence-electron chi connectivity index (χ4n) is 1.99. The van der Waals surface area contributed by atoms with E-state index < -0.39 is 21.3 Å². The molecule has 25 heavy (non-hydrogen) atoms. The van der Waals surface area contributed by atoms with Crippen LogP contribution in [0, 0.1) is 0 Å². The van der Waals surface area contributed by atoms with Crippen LogP contribution in [0.4, 0.5) is 5.69 Å². The molecule has 0 saturated heterocycles. The van der Waals surface area contributed by atoms with Crippen LogP contribution in [0.15, 0.2) is 51.0 Å². The first kappa shape index (κ1) is 18.6. The van der Waals surface area contributed by atoms with Gasteiger partial charge in [-0.05, 0) is 24.3 Å². The van der Waals surface area contributed by atoms with Gasteiger partial charge in [0, 0.05) is 45.0 Å². The van der Waals surface area contributed by atoms with Crippen molar-refractivity contribution in [2.75, 3.05) is 19.4 Å². The number of rotatable bonds is 6. The maximum Gasteiger partial charge on any atom is 0.328 e. The fourth-order valence-corrected chi connectivity index (χ4v) is 2.89. The van der Waals surface area contributed by atoms with Crippen molar-refractivity contribution in [1.82, 2.24) is 13.9 Å². The molecule has 2 N–H and O–H groups in total. The van der Waals surface area contributed by atoms with Gasteiger partial charge in [-0.3, -0.25) is 14.6 Å². The molecule has 0 unspecified atom stereocenters. The van der Waals surface area contributed by atoms with Crippen LogP contribution in [-0.2, 0) is 21.4 Å². The molecular weight excluding hydrogens is 348 g/mol. The number of aromatic nitrogens is 2. The van der Waals surface area contributed by atoms with Crippen molar-refractivity contribution in [2.24, 2.45) is 0 Å². The molecule has 0 fully saturated rings. The predicted octanol–water partition coefficient (Wildman–Crippen LogP) is -0.184. The lowest BCUT2D eigenvalue weighted by molar-refractivity contribution is -0.116. The summed E-state index contributed by atoms with van der Waals surface area (Å²) in [5, 5.41) is 2.62. The number of hydrogen-bond acceptors (Lipinski definition) is 5. The Morgan fingerprint density at radius 2 is 1.80 bits per heavy atom. The highest BCUT2D eigenvalue weighted by Gasteiger charge is 2.16. The summed E-state index contributed by atoms with van der Waals surface area (Å²) in [6, 6.07) is 6.97. The molecule has 0 radical (unpaired) electrons. The summed E-state index contributed by atoms with van der Waals surface area (Å²) in [4.78, 5) is 36.6. The largest absolute Gasteiger partial charge is 0.328 e. The second-order valence-electron chi connectivity index (χ2n) is 5.41. The number of carbonyl (C=O) groups is 1.